The standard InChI is InChI=1S/C17H30N2O/c1-5-18(6-2)14-17(15-19(7-3)8-4)20-16-12-10-9-11-13-16/h9-13,17H,5-8,14-15H2,1-4H3. The molecule has 114 valence electrons. The van der Waals surface area contributed by atoms with E-state index in [0.717, 1.165) is 45.0 Å². The van der Waals surface area contributed by atoms with Gasteiger partial charge >= 0.3 is 0 Å². The van der Waals surface area contributed by atoms with Gasteiger partial charge in [0.1, 0.15) is 11.9 Å². The molecule has 0 aromatic heterocycles. The lowest BCUT2D eigenvalue weighted by molar-refractivity contribution is 0.0989. The Morgan fingerprint density at radius 3 is 1.65 bits per heavy atom. The summed E-state index contributed by atoms with van der Waals surface area (Å²) in [4.78, 5) is 4.86. The van der Waals surface area contributed by atoms with Crippen LogP contribution in [0.5, 0.6) is 5.75 Å². The molecule has 3 heteroatoms. The van der Waals surface area contributed by atoms with Gasteiger partial charge < -0.3 is 14.5 Å². The summed E-state index contributed by atoms with van der Waals surface area (Å²) in [5.41, 5.74) is 0. The minimum Gasteiger partial charge on any atom is -0.488 e. The average molecular weight is 278 g/mol. The van der Waals surface area contributed by atoms with E-state index < -0.39 is 0 Å². The highest BCUT2D eigenvalue weighted by atomic mass is 16.5. The Bertz CT molecular complexity index is 320. The van der Waals surface area contributed by atoms with Crippen molar-refractivity contribution in [2.24, 2.45) is 0 Å². The summed E-state index contributed by atoms with van der Waals surface area (Å²) in [5, 5.41) is 0. The largest absolute Gasteiger partial charge is 0.488 e. The summed E-state index contributed by atoms with van der Waals surface area (Å²) in [7, 11) is 0. The summed E-state index contributed by atoms with van der Waals surface area (Å²) >= 11 is 0. The van der Waals surface area contributed by atoms with Gasteiger partial charge in [-0.3, -0.25) is 0 Å². The molecule has 0 saturated heterocycles. The number of likely N-dealkylation sites (N-methyl/N-ethyl adjacent to an activating group) is 2. The first kappa shape index (κ1) is 17.0. The predicted molar refractivity (Wildman–Crippen MR) is 86.4 cm³/mol. The first-order valence-electron chi connectivity index (χ1n) is 7.89. The highest BCUT2D eigenvalue weighted by Gasteiger charge is 2.17. The van der Waals surface area contributed by atoms with Crippen molar-refractivity contribution in [3.8, 4) is 5.75 Å². The van der Waals surface area contributed by atoms with E-state index in [1.807, 2.05) is 30.3 Å². The van der Waals surface area contributed by atoms with Crippen LogP contribution in [0, 0.1) is 0 Å². The number of para-hydroxylation sites is 1. The summed E-state index contributed by atoms with van der Waals surface area (Å²) in [6.45, 7) is 15.1. The van der Waals surface area contributed by atoms with E-state index in [1.54, 1.807) is 0 Å². The highest BCUT2D eigenvalue weighted by molar-refractivity contribution is 5.21. The molecule has 0 aliphatic rings. The molecule has 0 aliphatic heterocycles. The maximum atomic E-state index is 6.20. The Balaban J connectivity index is 2.67. The molecule has 0 bridgehead atoms. The Morgan fingerprint density at radius 2 is 1.25 bits per heavy atom. The van der Waals surface area contributed by atoms with E-state index in [4.69, 9.17) is 4.74 Å². The fraction of sp³-hybridized carbons (Fsp3) is 0.647. The fourth-order valence-corrected chi connectivity index (χ4v) is 2.36. The van der Waals surface area contributed by atoms with Crippen molar-refractivity contribution >= 4 is 0 Å². The predicted octanol–water partition coefficient (Wildman–Crippen LogP) is 3.12. The van der Waals surface area contributed by atoms with Crippen molar-refractivity contribution in [3.63, 3.8) is 0 Å². The first-order valence-corrected chi connectivity index (χ1v) is 7.89. The molecule has 1 aromatic rings. The maximum Gasteiger partial charge on any atom is 0.124 e. The molecule has 0 heterocycles. The van der Waals surface area contributed by atoms with Gasteiger partial charge in [0.05, 0.1) is 0 Å². The molecule has 0 radical (unpaired) electrons. The van der Waals surface area contributed by atoms with Crippen molar-refractivity contribution in [1.82, 2.24) is 9.80 Å². The third-order valence-corrected chi connectivity index (χ3v) is 3.76. The fourth-order valence-electron chi connectivity index (χ4n) is 2.36. The first-order chi connectivity index (χ1) is 9.73. The SMILES string of the molecule is CCN(CC)CC(CN(CC)CC)Oc1ccccc1. The van der Waals surface area contributed by atoms with Crippen LogP contribution < -0.4 is 4.74 Å². The second-order valence-electron chi connectivity index (χ2n) is 5.02. The smallest absolute Gasteiger partial charge is 0.124 e. The monoisotopic (exact) mass is 278 g/mol. The van der Waals surface area contributed by atoms with Crippen LogP contribution in [0.1, 0.15) is 27.7 Å². The summed E-state index contributed by atoms with van der Waals surface area (Å²) in [6, 6.07) is 10.2. The van der Waals surface area contributed by atoms with Crippen molar-refractivity contribution in [2.75, 3.05) is 39.3 Å². The normalized spacial score (nSPS) is 11.6. The zero-order valence-corrected chi connectivity index (χ0v) is 13.5. The van der Waals surface area contributed by atoms with Gasteiger partial charge in [-0.25, -0.2) is 0 Å². The Morgan fingerprint density at radius 1 is 0.800 bits per heavy atom. The molecule has 0 amide bonds. The van der Waals surface area contributed by atoms with Gasteiger partial charge in [0.15, 0.2) is 0 Å². The Kier molecular flexibility index (Phi) is 8.31. The molecule has 3 nitrogen and oxygen atoms in total. The van der Waals surface area contributed by atoms with E-state index in [1.165, 1.54) is 0 Å². The molecule has 20 heavy (non-hydrogen) atoms. The van der Waals surface area contributed by atoms with Crippen LogP contribution in [0.15, 0.2) is 30.3 Å². The van der Waals surface area contributed by atoms with E-state index >= 15 is 0 Å². The van der Waals surface area contributed by atoms with Crippen molar-refractivity contribution in [3.05, 3.63) is 30.3 Å². The maximum absolute atomic E-state index is 6.20. The number of ether oxygens (including phenoxy) is 1. The molecule has 1 aromatic carbocycles. The van der Waals surface area contributed by atoms with Gasteiger partial charge in [-0.05, 0) is 38.3 Å². The van der Waals surface area contributed by atoms with Crippen LogP contribution in [-0.2, 0) is 0 Å². The van der Waals surface area contributed by atoms with Crippen LogP contribution in [0.25, 0.3) is 0 Å². The molecule has 0 spiro atoms. The molecular formula is C17H30N2O. The summed E-state index contributed by atoms with van der Waals surface area (Å²) in [5.74, 6) is 0.969. The lowest BCUT2D eigenvalue weighted by atomic mass is 10.2. The second-order valence-corrected chi connectivity index (χ2v) is 5.02. The molecule has 0 aliphatic carbocycles. The molecule has 0 N–H and O–H groups in total. The van der Waals surface area contributed by atoms with Gasteiger partial charge in [0, 0.05) is 13.1 Å². The average Bonchev–Trinajstić information content (AvgIpc) is 2.50. The molecule has 0 atom stereocenters. The van der Waals surface area contributed by atoms with E-state index in [-0.39, 0.29) is 6.10 Å². The minimum atomic E-state index is 0.220. The van der Waals surface area contributed by atoms with Gasteiger partial charge in [-0.15, -0.1) is 0 Å². The Hall–Kier alpha value is -1.06. The van der Waals surface area contributed by atoms with Gasteiger partial charge in [0.2, 0.25) is 0 Å². The molecule has 0 unspecified atom stereocenters. The lowest BCUT2D eigenvalue weighted by Crippen LogP contribution is -2.43. The van der Waals surface area contributed by atoms with Gasteiger partial charge in [-0.1, -0.05) is 45.9 Å². The number of hydrogen-bond acceptors (Lipinski definition) is 3. The van der Waals surface area contributed by atoms with Crippen molar-refractivity contribution in [1.29, 1.82) is 0 Å². The third kappa shape index (κ3) is 5.93. The van der Waals surface area contributed by atoms with E-state index in [9.17, 15) is 0 Å². The number of benzene rings is 1. The van der Waals surface area contributed by atoms with Crippen LogP contribution in [0.3, 0.4) is 0 Å². The van der Waals surface area contributed by atoms with Crippen LogP contribution in [0.4, 0.5) is 0 Å². The second kappa shape index (κ2) is 9.78. The van der Waals surface area contributed by atoms with Gasteiger partial charge in [0.25, 0.3) is 0 Å². The zero-order valence-electron chi connectivity index (χ0n) is 13.5. The van der Waals surface area contributed by atoms with Gasteiger partial charge in [-0.2, -0.15) is 0 Å². The molecule has 0 saturated carbocycles. The summed E-state index contributed by atoms with van der Waals surface area (Å²) in [6.07, 6.45) is 0.220. The number of rotatable bonds is 10. The molecule has 1 rings (SSSR count). The van der Waals surface area contributed by atoms with E-state index in [0.29, 0.717) is 0 Å². The highest BCUT2D eigenvalue weighted by Crippen LogP contribution is 2.12. The van der Waals surface area contributed by atoms with Crippen LogP contribution in [-0.4, -0.2) is 55.2 Å². The minimum absolute atomic E-state index is 0.220. The third-order valence-electron chi connectivity index (χ3n) is 3.76. The molecule has 0 fully saturated rings. The number of hydrogen-bond donors (Lipinski definition) is 0. The Labute approximate surface area is 124 Å². The van der Waals surface area contributed by atoms with E-state index in [2.05, 4.69) is 37.5 Å². The quantitative estimate of drug-likeness (QED) is 0.654. The number of nitrogens with zero attached hydrogens (tertiary/aromatic N) is 2. The zero-order chi connectivity index (χ0) is 14.8. The van der Waals surface area contributed by atoms with Crippen LogP contribution >= 0.6 is 0 Å². The lowest BCUT2D eigenvalue weighted by Gasteiger charge is -2.30. The molecular weight excluding hydrogens is 248 g/mol. The van der Waals surface area contributed by atoms with Crippen LogP contribution in [0.2, 0.25) is 0 Å². The summed E-state index contributed by atoms with van der Waals surface area (Å²) < 4.78 is 6.20. The van der Waals surface area contributed by atoms with Crippen molar-refractivity contribution < 1.29 is 4.74 Å². The van der Waals surface area contributed by atoms with Crippen molar-refractivity contribution in [2.45, 2.75) is 33.8 Å². The topological polar surface area (TPSA) is 15.7 Å².